The molecular formula is C25H29NO6. The molecule has 7 nitrogen and oxygen atoms in total. The third-order valence-corrected chi connectivity index (χ3v) is 5.78. The summed E-state index contributed by atoms with van der Waals surface area (Å²) in [6, 6.07) is 17.8. The zero-order valence-electron chi connectivity index (χ0n) is 18.0. The number of benzene rings is 2. The van der Waals surface area contributed by atoms with Crippen LogP contribution in [-0.2, 0) is 20.7 Å². The molecule has 1 saturated carbocycles. The number of amides is 1. The van der Waals surface area contributed by atoms with Crippen molar-refractivity contribution in [2.45, 2.75) is 51.2 Å². The predicted octanol–water partition coefficient (Wildman–Crippen LogP) is 4.56. The SMILES string of the molecule is O=C(O)CC1(CNC(=O)OC(Cc2ccccc2)OC(=O)c2ccccc2)CCCCC1. The minimum Gasteiger partial charge on any atom is -0.481 e. The maximum Gasteiger partial charge on any atom is 0.410 e. The second-order valence-corrected chi connectivity index (χ2v) is 8.28. The lowest BCUT2D eigenvalue weighted by molar-refractivity contribution is -0.140. The third kappa shape index (κ3) is 7.11. The number of hydrogen-bond acceptors (Lipinski definition) is 5. The Morgan fingerprint density at radius 1 is 0.906 bits per heavy atom. The van der Waals surface area contributed by atoms with Gasteiger partial charge < -0.3 is 19.9 Å². The van der Waals surface area contributed by atoms with Gasteiger partial charge in [-0.05, 0) is 36.0 Å². The lowest BCUT2D eigenvalue weighted by Crippen LogP contribution is -2.42. The Morgan fingerprint density at radius 3 is 2.16 bits per heavy atom. The van der Waals surface area contributed by atoms with Crippen molar-refractivity contribution in [1.82, 2.24) is 5.32 Å². The van der Waals surface area contributed by atoms with E-state index in [2.05, 4.69) is 5.32 Å². The van der Waals surface area contributed by atoms with E-state index < -0.39 is 29.7 Å². The molecule has 3 rings (SSSR count). The highest BCUT2D eigenvalue weighted by Gasteiger charge is 2.35. The predicted molar refractivity (Wildman–Crippen MR) is 118 cm³/mol. The smallest absolute Gasteiger partial charge is 0.410 e. The number of rotatable bonds is 9. The van der Waals surface area contributed by atoms with E-state index >= 15 is 0 Å². The fraction of sp³-hybridized carbons (Fsp3) is 0.400. The molecule has 7 heteroatoms. The van der Waals surface area contributed by atoms with Crippen molar-refractivity contribution >= 4 is 18.0 Å². The van der Waals surface area contributed by atoms with Crippen LogP contribution in [0.4, 0.5) is 4.79 Å². The van der Waals surface area contributed by atoms with Gasteiger partial charge in [0.05, 0.1) is 12.0 Å². The van der Waals surface area contributed by atoms with Gasteiger partial charge in [-0.3, -0.25) is 4.79 Å². The van der Waals surface area contributed by atoms with Crippen molar-refractivity contribution in [1.29, 1.82) is 0 Å². The molecule has 170 valence electrons. The Balaban J connectivity index is 1.64. The number of nitrogens with one attached hydrogen (secondary N) is 1. The Kier molecular flexibility index (Phi) is 8.25. The summed E-state index contributed by atoms with van der Waals surface area (Å²) in [4.78, 5) is 36.4. The summed E-state index contributed by atoms with van der Waals surface area (Å²) in [6.07, 6.45) is 2.79. The van der Waals surface area contributed by atoms with Crippen LogP contribution in [-0.4, -0.2) is 36.0 Å². The first-order valence-corrected chi connectivity index (χ1v) is 10.9. The molecule has 0 bridgehead atoms. The molecule has 2 aromatic carbocycles. The van der Waals surface area contributed by atoms with E-state index in [4.69, 9.17) is 9.47 Å². The topological polar surface area (TPSA) is 102 Å². The maximum absolute atomic E-state index is 12.6. The summed E-state index contributed by atoms with van der Waals surface area (Å²) < 4.78 is 10.9. The third-order valence-electron chi connectivity index (χ3n) is 5.78. The van der Waals surface area contributed by atoms with Crippen molar-refractivity contribution in [2.75, 3.05) is 6.54 Å². The average Bonchev–Trinajstić information content (AvgIpc) is 2.79. The van der Waals surface area contributed by atoms with Crippen LogP contribution in [0.1, 0.15) is 54.4 Å². The first-order valence-electron chi connectivity index (χ1n) is 10.9. The molecule has 1 amide bonds. The summed E-state index contributed by atoms with van der Waals surface area (Å²) in [6.45, 7) is 0.211. The Labute approximate surface area is 187 Å². The first-order chi connectivity index (χ1) is 15.5. The quantitative estimate of drug-likeness (QED) is 0.439. The molecule has 0 aliphatic heterocycles. The fourth-order valence-electron chi connectivity index (χ4n) is 4.13. The van der Waals surface area contributed by atoms with Crippen LogP contribution in [0.15, 0.2) is 60.7 Å². The van der Waals surface area contributed by atoms with Crippen molar-refractivity contribution in [3.05, 3.63) is 71.8 Å². The normalized spacial score (nSPS) is 15.9. The van der Waals surface area contributed by atoms with Crippen LogP contribution >= 0.6 is 0 Å². The van der Waals surface area contributed by atoms with Crippen LogP contribution < -0.4 is 5.32 Å². The monoisotopic (exact) mass is 439 g/mol. The summed E-state index contributed by atoms with van der Waals surface area (Å²) in [5.41, 5.74) is 0.733. The highest BCUT2D eigenvalue weighted by molar-refractivity contribution is 5.89. The molecule has 32 heavy (non-hydrogen) atoms. The highest BCUT2D eigenvalue weighted by atomic mass is 16.7. The van der Waals surface area contributed by atoms with Gasteiger partial charge in [0.15, 0.2) is 0 Å². The number of carbonyl (C=O) groups is 3. The molecule has 0 radical (unpaired) electrons. The summed E-state index contributed by atoms with van der Waals surface area (Å²) in [5, 5.41) is 12.0. The lowest BCUT2D eigenvalue weighted by Gasteiger charge is -2.36. The lowest BCUT2D eigenvalue weighted by atomic mass is 9.72. The fourth-order valence-corrected chi connectivity index (χ4v) is 4.13. The van der Waals surface area contributed by atoms with E-state index in [0.29, 0.717) is 5.56 Å². The minimum absolute atomic E-state index is 0.00369. The molecular weight excluding hydrogens is 410 g/mol. The van der Waals surface area contributed by atoms with Gasteiger partial charge >= 0.3 is 18.0 Å². The van der Waals surface area contributed by atoms with E-state index in [-0.39, 0.29) is 19.4 Å². The van der Waals surface area contributed by atoms with Crippen LogP contribution in [0.3, 0.4) is 0 Å². The molecule has 0 aromatic heterocycles. The molecule has 1 atom stereocenters. The van der Waals surface area contributed by atoms with Crippen LogP contribution in [0.5, 0.6) is 0 Å². The van der Waals surface area contributed by atoms with E-state index in [0.717, 1.165) is 37.7 Å². The number of esters is 1. The Hall–Kier alpha value is -3.35. The van der Waals surface area contributed by atoms with E-state index in [1.807, 2.05) is 30.3 Å². The highest BCUT2D eigenvalue weighted by Crippen LogP contribution is 2.38. The molecule has 1 aliphatic carbocycles. The summed E-state index contributed by atoms with van der Waals surface area (Å²) >= 11 is 0. The molecule has 0 spiro atoms. The van der Waals surface area contributed by atoms with Crippen LogP contribution in [0.2, 0.25) is 0 Å². The average molecular weight is 440 g/mol. The van der Waals surface area contributed by atoms with E-state index in [1.165, 1.54) is 0 Å². The van der Waals surface area contributed by atoms with Gasteiger partial charge in [-0.15, -0.1) is 0 Å². The number of carbonyl (C=O) groups excluding carboxylic acids is 2. The van der Waals surface area contributed by atoms with Crippen molar-refractivity contribution < 1.29 is 29.0 Å². The van der Waals surface area contributed by atoms with Crippen LogP contribution in [0.25, 0.3) is 0 Å². The second kappa shape index (κ2) is 11.3. The maximum atomic E-state index is 12.6. The second-order valence-electron chi connectivity index (χ2n) is 8.28. The summed E-state index contributed by atoms with van der Waals surface area (Å²) in [7, 11) is 0. The number of aliphatic carboxylic acids is 1. The number of carboxylic acid groups (broad SMARTS) is 1. The molecule has 1 aliphatic rings. The van der Waals surface area contributed by atoms with Gasteiger partial charge in [-0.2, -0.15) is 0 Å². The van der Waals surface area contributed by atoms with E-state index in [1.54, 1.807) is 30.3 Å². The number of carboxylic acids is 1. The van der Waals surface area contributed by atoms with E-state index in [9.17, 15) is 19.5 Å². The van der Waals surface area contributed by atoms with Crippen molar-refractivity contribution in [3.63, 3.8) is 0 Å². The van der Waals surface area contributed by atoms with Gasteiger partial charge in [0.2, 0.25) is 0 Å². The Morgan fingerprint density at radius 2 is 1.53 bits per heavy atom. The largest absolute Gasteiger partial charge is 0.481 e. The van der Waals surface area contributed by atoms with Gasteiger partial charge in [-0.1, -0.05) is 67.8 Å². The zero-order valence-corrected chi connectivity index (χ0v) is 18.0. The number of alkyl carbamates (subject to hydrolysis) is 1. The molecule has 0 heterocycles. The standard InChI is InChI=1S/C25H29NO6/c27-21(28)17-25(14-8-3-9-15-25)18-26-24(30)32-22(16-19-10-4-1-5-11-19)31-23(29)20-12-6-2-7-13-20/h1-2,4-7,10-13,22H,3,8-9,14-18H2,(H,26,30)(H,27,28). The molecule has 1 unspecified atom stereocenters. The summed E-state index contributed by atoms with van der Waals surface area (Å²) in [5.74, 6) is -1.46. The molecule has 2 N–H and O–H groups in total. The molecule has 0 saturated heterocycles. The van der Waals surface area contributed by atoms with Crippen molar-refractivity contribution in [2.24, 2.45) is 5.41 Å². The van der Waals surface area contributed by atoms with Crippen molar-refractivity contribution in [3.8, 4) is 0 Å². The number of hydrogen-bond donors (Lipinski definition) is 2. The van der Waals surface area contributed by atoms with Gasteiger partial charge in [-0.25, -0.2) is 9.59 Å². The van der Waals surface area contributed by atoms with Gasteiger partial charge in [0.1, 0.15) is 0 Å². The van der Waals surface area contributed by atoms with Gasteiger partial charge in [0, 0.05) is 13.0 Å². The molecule has 1 fully saturated rings. The zero-order chi connectivity index (χ0) is 22.8. The Bertz CT molecular complexity index is 893. The number of ether oxygens (including phenoxy) is 2. The molecule has 2 aromatic rings. The minimum atomic E-state index is -1.12. The van der Waals surface area contributed by atoms with Crippen LogP contribution in [0, 0.1) is 5.41 Å². The van der Waals surface area contributed by atoms with Gasteiger partial charge in [0.25, 0.3) is 6.29 Å². The first kappa shape index (κ1) is 23.3.